The second-order valence-corrected chi connectivity index (χ2v) is 10.3. The van der Waals surface area contributed by atoms with Gasteiger partial charge in [0.2, 0.25) is 10.0 Å². The van der Waals surface area contributed by atoms with E-state index in [1.54, 1.807) is 21.1 Å². The van der Waals surface area contributed by atoms with Crippen LogP contribution in [0.5, 0.6) is 11.5 Å². The maximum atomic E-state index is 13.5. The molecule has 0 saturated heterocycles. The highest BCUT2D eigenvalue weighted by atomic mass is 32.2. The minimum absolute atomic E-state index is 0.00741. The van der Waals surface area contributed by atoms with E-state index >= 15 is 0 Å². The molecule has 2 aliphatic rings. The van der Waals surface area contributed by atoms with E-state index in [0.717, 1.165) is 62.8 Å². The van der Waals surface area contributed by atoms with Crippen LogP contribution in [0.4, 0.5) is 4.39 Å². The van der Waals surface area contributed by atoms with Crippen LogP contribution in [0.3, 0.4) is 0 Å². The van der Waals surface area contributed by atoms with Crippen molar-refractivity contribution in [2.45, 2.75) is 50.0 Å². The van der Waals surface area contributed by atoms with E-state index in [4.69, 9.17) is 9.47 Å². The fourth-order valence-electron chi connectivity index (χ4n) is 5.08. The molecule has 2 aromatic rings. The standard InChI is InChI=1S/C24H31FN2O4S/c1-16-6-7-18(25)15-22(16)32(28,29)26-11-4-5-12-27-13-10-17-14-21(30-2)24(31-3)19-8-9-20(27)23(17)19/h6-7,14-15,20,26H,4-5,8-13H2,1-3H3. The first-order chi connectivity index (χ1) is 15.4. The maximum Gasteiger partial charge on any atom is 0.240 e. The van der Waals surface area contributed by atoms with Crippen molar-refractivity contribution in [3.63, 3.8) is 0 Å². The SMILES string of the molecule is COc1cc2c3c(c1OC)CCC3N(CCCCNS(=O)(=O)c1cc(F)ccc1C)CC2. The smallest absolute Gasteiger partial charge is 0.240 e. The lowest BCUT2D eigenvalue weighted by Gasteiger charge is -2.35. The fourth-order valence-corrected chi connectivity index (χ4v) is 6.41. The van der Waals surface area contributed by atoms with Gasteiger partial charge in [0.15, 0.2) is 11.5 Å². The lowest BCUT2D eigenvalue weighted by atomic mass is 9.92. The molecule has 0 saturated carbocycles. The molecule has 6 nitrogen and oxygen atoms in total. The molecule has 0 bridgehead atoms. The van der Waals surface area contributed by atoms with Crippen LogP contribution in [0, 0.1) is 12.7 Å². The molecule has 8 heteroatoms. The second kappa shape index (κ2) is 9.37. The number of sulfonamides is 1. The predicted octanol–water partition coefficient (Wildman–Crippen LogP) is 3.76. The Morgan fingerprint density at radius 2 is 1.97 bits per heavy atom. The van der Waals surface area contributed by atoms with Gasteiger partial charge in [-0.1, -0.05) is 6.07 Å². The van der Waals surface area contributed by atoms with Crippen molar-refractivity contribution < 1.29 is 22.3 Å². The Labute approximate surface area is 189 Å². The van der Waals surface area contributed by atoms with Crippen LogP contribution in [-0.2, 0) is 22.9 Å². The molecule has 32 heavy (non-hydrogen) atoms. The molecule has 0 amide bonds. The van der Waals surface area contributed by atoms with Crippen LogP contribution >= 0.6 is 0 Å². The monoisotopic (exact) mass is 462 g/mol. The molecule has 4 rings (SSSR count). The highest BCUT2D eigenvalue weighted by Gasteiger charge is 2.36. The molecule has 2 aromatic carbocycles. The average molecular weight is 463 g/mol. The summed E-state index contributed by atoms with van der Waals surface area (Å²) in [4.78, 5) is 2.52. The zero-order valence-corrected chi connectivity index (χ0v) is 19.7. The predicted molar refractivity (Wildman–Crippen MR) is 121 cm³/mol. The number of aryl methyl sites for hydroxylation is 1. The van der Waals surface area contributed by atoms with Crippen LogP contribution < -0.4 is 14.2 Å². The first-order valence-corrected chi connectivity index (χ1v) is 12.6. The number of hydrogen-bond acceptors (Lipinski definition) is 5. The quantitative estimate of drug-likeness (QED) is 0.575. The molecule has 1 unspecified atom stereocenters. The van der Waals surface area contributed by atoms with Crippen molar-refractivity contribution in [3.8, 4) is 11.5 Å². The highest BCUT2D eigenvalue weighted by Crippen LogP contribution is 2.48. The number of hydrogen-bond donors (Lipinski definition) is 1. The number of methoxy groups -OCH3 is 2. The summed E-state index contributed by atoms with van der Waals surface area (Å²) in [5, 5.41) is 0. The molecular weight excluding hydrogens is 431 g/mol. The lowest BCUT2D eigenvalue weighted by Crippen LogP contribution is -2.35. The molecule has 1 heterocycles. The third-order valence-electron chi connectivity index (χ3n) is 6.61. The van der Waals surface area contributed by atoms with Gasteiger partial charge in [0.05, 0.1) is 19.1 Å². The van der Waals surface area contributed by atoms with Gasteiger partial charge in [-0.05, 0) is 80.5 Å². The molecule has 0 spiro atoms. The number of halogens is 1. The molecule has 174 valence electrons. The van der Waals surface area contributed by atoms with Gasteiger partial charge in [-0.2, -0.15) is 0 Å². The molecule has 0 radical (unpaired) electrons. The number of unbranched alkanes of at least 4 members (excludes halogenated alkanes) is 1. The summed E-state index contributed by atoms with van der Waals surface area (Å²) in [6.45, 7) is 3.91. The molecule has 1 aliphatic carbocycles. The van der Waals surface area contributed by atoms with Gasteiger partial charge >= 0.3 is 0 Å². The highest BCUT2D eigenvalue weighted by molar-refractivity contribution is 7.89. The van der Waals surface area contributed by atoms with Gasteiger partial charge in [-0.15, -0.1) is 0 Å². The summed E-state index contributed by atoms with van der Waals surface area (Å²) in [6.07, 6.45) is 4.64. The van der Waals surface area contributed by atoms with Crippen LogP contribution in [0.1, 0.15) is 47.6 Å². The van der Waals surface area contributed by atoms with Crippen molar-refractivity contribution in [2.75, 3.05) is 33.9 Å². The van der Waals surface area contributed by atoms with E-state index in [1.807, 2.05) is 0 Å². The van der Waals surface area contributed by atoms with Gasteiger partial charge in [-0.3, -0.25) is 4.90 Å². The van der Waals surface area contributed by atoms with Gasteiger partial charge in [0.1, 0.15) is 5.82 Å². The van der Waals surface area contributed by atoms with Crippen LogP contribution in [0.2, 0.25) is 0 Å². The van der Waals surface area contributed by atoms with Crippen LogP contribution in [-0.4, -0.2) is 47.2 Å². The van der Waals surface area contributed by atoms with Crippen molar-refractivity contribution in [1.29, 1.82) is 0 Å². The fraction of sp³-hybridized carbons (Fsp3) is 0.500. The van der Waals surface area contributed by atoms with Crippen LogP contribution in [0.25, 0.3) is 0 Å². The maximum absolute atomic E-state index is 13.5. The Balaban J connectivity index is 1.34. The van der Waals surface area contributed by atoms with Crippen molar-refractivity contribution in [1.82, 2.24) is 9.62 Å². The van der Waals surface area contributed by atoms with Crippen molar-refractivity contribution in [2.24, 2.45) is 0 Å². The summed E-state index contributed by atoms with van der Waals surface area (Å²) in [5.41, 5.74) is 4.57. The third kappa shape index (κ3) is 4.36. The molecular formula is C24H31FN2O4S. The Morgan fingerprint density at radius 1 is 1.16 bits per heavy atom. The Bertz CT molecular complexity index is 1100. The average Bonchev–Trinajstić information content (AvgIpc) is 3.22. The Kier molecular flexibility index (Phi) is 6.74. The zero-order chi connectivity index (χ0) is 22.9. The number of benzene rings is 2. The van der Waals surface area contributed by atoms with Gasteiger partial charge in [0, 0.05) is 24.7 Å². The van der Waals surface area contributed by atoms with Crippen molar-refractivity contribution >= 4 is 10.0 Å². The van der Waals surface area contributed by atoms with E-state index in [2.05, 4.69) is 15.7 Å². The summed E-state index contributed by atoms with van der Waals surface area (Å²) >= 11 is 0. The summed E-state index contributed by atoms with van der Waals surface area (Å²) in [5.74, 6) is 1.13. The second-order valence-electron chi connectivity index (χ2n) is 8.52. The van der Waals surface area contributed by atoms with E-state index in [-0.39, 0.29) is 4.90 Å². The summed E-state index contributed by atoms with van der Waals surface area (Å²) in [6, 6.07) is 6.34. The minimum Gasteiger partial charge on any atom is -0.493 e. The third-order valence-corrected chi connectivity index (χ3v) is 8.22. The molecule has 1 aliphatic heterocycles. The normalized spacial score (nSPS) is 17.9. The van der Waals surface area contributed by atoms with E-state index < -0.39 is 15.8 Å². The molecule has 1 N–H and O–H groups in total. The largest absolute Gasteiger partial charge is 0.493 e. The van der Waals surface area contributed by atoms with Gasteiger partial charge in [0.25, 0.3) is 0 Å². The van der Waals surface area contributed by atoms with Crippen molar-refractivity contribution in [3.05, 3.63) is 52.3 Å². The first kappa shape index (κ1) is 23.0. The Hall–Kier alpha value is -2.16. The lowest BCUT2D eigenvalue weighted by molar-refractivity contribution is 0.182. The molecule has 1 atom stereocenters. The minimum atomic E-state index is -3.71. The topological polar surface area (TPSA) is 67.9 Å². The number of ether oxygens (including phenoxy) is 2. The molecule has 0 fully saturated rings. The Morgan fingerprint density at radius 3 is 2.72 bits per heavy atom. The zero-order valence-electron chi connectivity index (χ0n) is 18.9. The number of nitrogens with one attached hydrogen (secondary N) is 1. The van der Waals surface area contributed by atoms with Gasteiger partial charge < -0.3 is 9.47 Å². The van der Waals surface area contributed by atoms with Crippen LogP contribution in [0.15, 0.2) is 29.2 Å². The van der Waals surface area contributed by atoms with Gasteiger partial charge in [-0.25, -0.2) is 17.5 Å². The number of rotatable bonds is 9. The summed E-state index contributed by atoms with van der Waals surface area (Å²) < 4.78 is 52.3. The van der Waals surface area contributed by atoms with E-state index in [9.17, 15) is 12.8 Å². The van der Waals surface area contributed by atoms with E-state index in [0.29, 0.717) is 18.2 Å². The van der Waals surface area contributed by atoms with E-state index in [1.165, 1.54) is 28.8 Å². The number of nitrogens with zero attached hydrogens (tertiary/aromatic N) is 1. The molecule has 0 aromatic heterocycles. The first-order valence-electron chi connectivity index (χ1n) is 11.1. The summed E-state index contributed by atoms with van der Waals surface area (Å²) in [7, 11) is -0.331.